The van der Waals surface area contributed by atoms with E-state index < -0.39 is 42.1 Å². The van der Waals surface area contributed by atoms with E-state index in [-0.39, 0.29) is 17.2 Å². The van der Waals surface area contributed by atoms with Gasteiger partial charge in [0.2, 0.25) is 0 Å². The van der Waals surface area contributed by atoms with Gasteiger partial charge in [-0.25, -0.2) is 8.78 Å². The average Bonchev–Trinajstić information content (AvgIpc) is 2.41. The van der Waals surface area contributed by atoms with Crippen molar-refractivity contribution >= 4 is 19.7 Å². The number of hydrogen-bond acceptors (Lipinski definition) is 3. The van der Waals surface area contributed by atoms with Crippen LogP contribution in [0.1, 0.15) is 53.1 Å². The highest BCUT2D eigenvalue weighted by Crippen LogP contribution is 2.37. The monoisotopic (exact) mass is 391 g/mol. The van der Waals surface area contributed by atoms with Gasteiger partial charge in [0.25, 0.3) is 0 Å². The van der Waals surface area contributed by atoms with Crippen LogP contribution in [0.5, 0.6) is 0 Å². The Balaban J connectivity index is 3.07. The second-order valence-electron chi connectivity index (χ2n) is 8.79. The molecule has 0 amide bonds. The molecule has 0 fully saturated rings. The quantitative estimate of drug-likeness (QED) is 0.543. The van der Waals surface area contributed by atoms with Crippen molar-refractivity contribution in [1.29, 1.82) is 0 Å². The van der Waals surface area contributed by atoms with E-state index >= 15 is 0 Å². The minimum absolute atomic E-state index is 0.00205. The van der Waals surface area contributed by atoms with Crippen molar-refractivity contribution in [2.45, 2.75) is 70.5 Å². The van der Waals surface area contributed by atoms with E-state index in [1.54, 1.807) is 0 Å². The van der Waals surface area contributed by atoms with Crippen molar-refractivity contribution < 1.29 is 17.8 Å². The SMILES string of the molecule is CC(C)(C)[S+]([O-])N[C@@H](CO[Si](C)(C)C(C)(C)C)c1ccc(F)cc1F. The lowest BCUT2D eigenvalue weighted by atomic mass is 10.1. The lowest BCUT2D eigenvalue weighted by Gasteiger charge is -2.37. The minimum Gasteiger partial charge on any atom is -0.598 e. The number of hydrogen-bond donors (Lipinski definition) is 1. The van der Waals surface area contributed by atoms with Crippen molar-refractivity contribution in [3.8, 4) is 0 Å². The van der Waals surface area contributed by atoms with Gasteiger partial charge in [-0.2, -0.15) is 0 Å². The maximum absolute atomic E-state index is 14.3. The highest BCUT2D eigenvalue weighted by atomic mass is 32.2. The largest absolute Gasteiger partial charge is 0.598 e. The Kier molecular flexibility index (Phi) is 7.26. The molecule has 3 nitrogen and oxygen atoms in total. The predicted octanol–water partition coefficient (Wildman–Crippen LogP) is 5.08. The van der Waals surface area contributed by atoms with E-state index in [2.05, 4.69) is 38.6 Å². The van der Waals surface area contributed by atoms with Crippen LogP contribution in [0, 0.1) is 11.6 Å². The Bertz CT molecular complexity index is 585. The van der Waals surface area contributed by atoms with Gasteiger partial charge < -0.3 is 8.98 Å². The van der Waals surface area contributed by atoms with E-state index in [1.807, 2.05) is 20.8 Å². The van der Waals surface area contributed by atoms with Crippen LogP contribution in [-0.4, -0.2) is 24.2 Å². The van der Waals surface area contributed by atoms with Gasteiger partial charge in [0, 0.05) is 23.0 Å². The number of halogens is 2. The Morgan fingerprint density at radius 1 is 1.16 bits per heavy atom. The third-order valence-electron chi connectivity index (χ3n) is 4.56. The van der Waals surface area contributed by atoms with Crippen LogP contribution < -0.4 is 4.72 Å². The van der Waals surface area contributed by atoms with Crippen molar-refractivity contribution in [3.63, 3.8) is 0 Å². The predicted molar refractivity (Wildman–Crippen MR) is 103 cm³/mol. The molecular formula is C18H31F2NO2SSi. The standard InChI is InChI=1S/C18H31F2NO2SSi/c1-17(2,3)24(22)21-16(12-23-25(7,8)18(4,5)6)14-10-9-13(19)11-15(14)20/h9-11,16,21H,12H2,1-8H3/t16-,24?/m0/s1. The molecule has 1 unspecified atom stereocenters. The van der Waals surface area contributed by atoms with E-state index in [1.165, 1.54) is 12.1 Å². The molecule has 1 aromatic rings. The summed E-state index contributed by atoms with van der Waals surface area (Å²) in [5.74, 6) is -1.30. The molecule has 0 heterocycles. The molecule has 144 valence electrons. The van der Waals surface area contributed by atoms with Gasteiger partial charge in [-0.1, -0.05) is 26.8 Å². The minimum atomic E-state index is -2.06. The van der Waals surface area contributed by atoms with Crippen LogP contribution >= 0.6 is 0 Å². The first-order valence-electron chi connectivity index (χ1n) is 8.42. The topological polar surface area (TPSA) is 44.3 Å². The molecule has 0 saturated heterocycles. The highest BCUT2D eigenvalue weighted by molar-refractivity contribution is 7.90. The van der Waals surface area contributed by atoms with Gasteiger partial charge in [-0.3, -0.25) is 0 Å². The summed E-state index contributed by atoms with van der Waals surface area (Å²) in [7, 11) is -2.06. The zero-order valence-corrected chi connectivity index (χ0v) is 18.3. The van der Waals surface area contributed by atoms with Crippen LogP contribution in [0.2, 0.25) is 18.1 Å². The molecule has 1 aromatic carbocycles. The Labute approximate surface area is 155 Å². The lowest BCUT2D eigenvalue weighted by molar-refractivity contribution is 0.253. The lowest BCUT2D eigenvalue weighted by Crippen LogP contribution is -2.46. The fourth-order valence-electron chi connectivity index (χ4n) is 1.79. The molecule has 0 aliphatic rings. The first kappa shape index (κ1) is 22.6. The van der Waals surface area contributed by atoms with Crippen molar-refractivity contribution in [3.05, 3.63) is 35.4 Å². The Morgan fingerprint density at radius 3 is 2.16 bits per heavy atom. The molecule has 0 bridgehead atoms. The molecule has 0 aliphatic carbocycles. The summed E-state index contributed by atoms with van der Waals surface area (Å²) in [5, 5.41) is 0.00205. The summed E-state index contributed by atoms with van der Waals surface area (Å²) in [6, 6.07) is 2.82. The van der Waals surface area contributed by atoms with Crippen LogP contribution in [0.4, 0.5) is 8.78 Å². The second kappa shape index (κ2) is 8.04. The van der Waals surface area contributed by atoms with Crippen LogP contribution in [0.25, 0.3) is 0 Å². The molecule has 1 N–H and O–H groups in total. The summed E-state index contributed by atoms with van der Waals surface area (Å²) in [6.07, 6.45) is 0. The zero-order valence-electron chi connectivity index (χ0n) is 16.5. The zero-order chi connectivity index (χ0) is 19.6. The number of nitrogens with one attached hydrogen (secondary N) is 1. The van der Waals surface area contributed by atoms with Gasteiger partial charge in [0.05, 0.1) is 6.61 Å². The first-order valence-corrected chi connectivity index (χ1v) is 12.5. The molecule has 7 heteroatoms. The Morgan fingerprint density at radius 2 is 1.72 bits per heavy atom. The molecule has 0 radical (unpaired) electrons. The average molecular weight is 392 g/mol. The summed E-state index contributed by atoms with van der Waals surface area (Å²) in [6.45, 7) is 16.3. The Hall–Kier alpha value is -0.473. The van der Waals surface area contributed by atoms with Crippen LogP contribution in [-0.2, 0) is 15.8 Å². The molecule has 0 spiro atoms. The molecule has 2 atom stereocenters. The van der Waals surface area contributed by atoms with Gasteiger partial charge >= 0.3 is 0 Å². The van der Waals surface area contributed by atoms with Crippen molar-refractivity contribution in [2.24, 2.45) is 0 Å². The smallest absolute Gasteiger partial charge is 0.192 e. The van der Waals surface area contributed by atoms with Crippen molar-refractivity contribution in [1.82, 2.24) is 4.72 Å². The van der Waals surface area contributed by atoms with Crippen molar-refractivity contribution in [2.75, 3.05) is 6.61 Å². The molecule has 0 saturated carbocycles. The number of benzene rings is 1. The summed E-state index contributed by atoms with van der Waals surface area (Å²) in [5.41, 5.74) is 0.262. The van der Waals surface area contributed by atoms with E-state index in [0.29, 0.717) is 0 Å². The highest BCUT2D eigenvalue weighted by Gasteiger charge is 2.39. The molecular weight excluding hydrogens is 360 g/mol. The fourth-order valence-corrected chi connectivity index (χ4v) is 3.61. The molecule has 1 rings (SSSR count). The fraction of sp³-hybridized carbons (Fsp3) is 0.667. The van der Waals surface area contributed by atoms with Gasteiger partial charge in [-0.05, 0) is 45.0 Å². The molecule has 0 aromatic heterocycles. The third-order valence-corrected chi connectivity index (χ3v) is 10.7. The summed E-state index contributed by atoms with van der Waals surface area (Å²) >= 11 is -1.41. The van der Waals surface area contributed by atoms with Gasteiger partial charge in [-0.15, -0.1) is 4.72 Å². The summed E-state index contributed by atoms with van der Waals surface area (Å²) in [4.78, 5) is 0. The van der Waals surface area contributed by atoms with E-state index in [9.17, 15) is 13.3 Å². The van der Waals surface area contributed by atoms with E-state index in [0.717, 1.165) is 6.07 Å². The second-order valence-corrected chi connectivity index (χ2v) is 15.6. The van der Waals surface area contributed by atoms with Crippen LogP contribution in [0.3, 0.4) is 0 Å². The van der Waals surface area contributed by atoms with Gasteiger partial charge in [0.1, 0.15) is 22.4 Å². The molecule has 0 aliphatic heterocycles. The third kappa shape index (κ3) is 6.32. The summed E-state index contributed by atoms with van der Waals surface area (Å²) < 4.78 is 48.7. The normalized spacial score (nSPS) is 16.0. The number of rotatable bonds is 6. The molecule has 25 heavy (non-hydrogen) atoms. The maximum atomic E-state index is 14.3. The van der Waals surface area contributed by atoms with Crippen LogP contribution in [0.15, 0.2) is 18.2 Å². The van der Waals surface area contributed by atoms with E-state index in [4.69, 9.17) is 4.43 Å². The first-order chi connectivity index (χ1) is 11.1. The maximum Gasteiger partial charge on any atom is 0.192 e. The van der Waals surface area contributed by atoms with Gasteiger partial charge in [0.15, 0.2) is 8.32 Å².